The fourth-order valence-corrected chi connectivity index (χ4v) is 8.38. The standard InChI is InChI=1S/C51H31N5O/c1-3-14-32(15-4-1)34-26-28-39-38-20-7-10-21-41(38)55(45(39)30-34)44-24-13-25-46-48(44)40-29-27-35(31-47(40)57-46)50-52-49(33-16-5-2-6-17-33)53-51(54-50)56-42-22-11-8-18-36(42)37-19-9-12-23-43(37)56/h1-31H/i2D,5D,6D,16D,17D. The quantitative estimate of drug-likeness (QED) is 0.177. The fourth-order valence-electron chi connectivity index (χ4n) is 8.38. The van der Waals surface area contributed by atoms with Gasteiger partial charge in [-0.2, -0.15) is 9.97 Å². The van der Waals surface area contributed by atoms with Crippen molar-refractivity contribution in [2.45, 2.75) is 0 Å². The van der Waals surface area contributed by atoms with Crippen LogP contribution in [-0.4, -0.2) is 24.1 Å². The first-order valence-corrected chi connectivity index (χ1v) is 18.7. The van der Waals surface area contributed by atoms with E-state index in [0.717, 1.165) is 71.2 Å². The van der Waals surface area contributed by atoms with E-state index >= 15 is 0 Å². The van der Waals surface area contributed by atoms with Gasteiger partial charge in [-0.15, -0.1) is 0 Å². The van der Waals surface area contributed by atoms with Crippen molar-refractivity contribution < 1.29 is 11.3 Å². The van der Waals surface area contributed by atoms with Crippen LogP contribution in [0.4, 0.5) is 0 Å². The van der Waals surface area contributed by atoms with E-state index in [-0.39, 0.29) is 23.2 Å². The monoisotopic (exact) mass is 734 g/mol. The molecular formula is C51H31N5O. The summed E-state index contributed by atoms with van der Waals surface area (Å²) in [6.07, 6.45) is 0. The molecule has 0 N–H and O–H groups in total. The molecule has 266 valence electrons. The van der Waals surface area contributed by atoms with Crippen LogP contribution in [0.5, 0.6) is 0 Å². The third kappa shape index (κ3) is 4.87. The Kier molecular flexibility index (Phi) is 5.82. The molecule has 6 nitrogen and oxygen atoms in total. The van der Waals surface area contributed by atoms with Crippen molar-refractivity contribution in [3.05, 3.63) is 188 Å². The van der Waals surface area contributed by atoms with Crippen molar-refractivity contribution in [3.8, 4) is 45.5 Å². The molecule has 0 spiro atoms. The lowest BCUT2D eigenvalue weighted by atomic mass is 10.0. The highest BCUT2D eigenvalue weighted by molar-refractivity contribution is 6.15. The molecule has 8 aromatic carbocycles. The van der Waals surface area contributed by atoms with Crippen LogP contribution in [-0.2, 0) is 0 Å². The van der Waals surface area contributed by atoms with Gasteiger partial charge in [-0.25, -0.2) is 4.98 Å². The van der Waals surface area contributed by atoms with Gasteiger partial charge in [0, 0.05) is 38.1 Å². The van der Waals surface area contributed by atoms with Gasteiger partial charge in [0.2, 0.25) is 5.95 Å². The van der Waals surface area contributed by atoms with Crippen LogP contribution in [0.15, 0.2) is 192 Å². The van der Waals surface area contributed by atoms with E-state index in [1.807, 2.05) is 89.5 Å². The maximum Gasteiger partial charge on any atom is 0.238 e. The van der Waals surface area contributed by atoms with Gasteiger partial charge in [0.25, 0.3) is 0 Å². The van der Waals surface area contributed by atoms with Gasteiger partial charge in [0.05, 0.1) is 40.0 Å². The Morgan fingerprint density at radius 3 is 1.72 bits per heavy atom. The third-order valence-corrected chi connectivity index (χ3v) is 10.9. The van der Waals surface area contributed by atoms with E-state index in [2.05, 4.69) is 77.4 Å². The fraction of sp³-hybridized carbons (Fsp3) is 0. The molecule has 0 aliphatic rings. The summed E-state index contributed by atoms with van der Waals surface area (Å²) in [7, 11) is 0. The van der Waals surface area contributed by atoms with Crippen molar-refractivity contribution in [1.82, 2.24) is 24.1 Å². The maximum atomic E-state index is 8.86. The van der Waals surface area contributed by atoms with Crippen LogP contribution in [0, 0.1) is 0 Å². The van der Waals surface area contributed by atoms with E-state index in [1.165, 1.54) is 0 Å². The molecule has 4 aromatic heterocycles. The zero-order chi connectivity index (χ0) is 41.8. The summed E-state index contributed by atoms with van der Waals surface area (Å²) >= 11 is 0. The minimum absolute atomic E-state index is 0.0444. The molecule has 0 atom stereocenters. The minimum atomic E-state index is -0.493. The Bertz CT molecular complexity index is 3750. The average Bonchev–Trinajstić information content (AvgIpc) is 3.98. The number of fused-ring (bicyclic) bond motifs is 9. The van der Waals surface area contributed by atoms with Crippen LogP contribution in [0.3, 0.4) is 0 Å². The number of benzene rings is 8. The summed E-state index contributed by atoms with van der Waals surface area (Å²) in [5.41, 5.74) is 8.89. The van der Waals surface area contributed by atoms with Crippen molar-refractivity contribution in [2.24, 2.45) is 0 Å². The zero-order valence-corrected chi connectivity index (χ0v) is 30.2. The second-order valence-corrected chi connectivity index (χ2v) is 14.1. The minimum Gasteiger partial charge on any atom is -0.456 e. The highest BCUT2D eigenvalue weighted by Crippen LogP contribution is 2.41. The van der Waals surface area contributed by atoms with E-state index in [4.69, 9.17) is 26.2 Å². The molecule has 0 aliphatic heterocycles. The number of nitrogens with zero attached hydrogens (tertiary/aromatic N) is 5. The number of para-hydroxylation sites is 3. The number of furan rings is 1. The predicted molar refractivity (Wildman–Crippen MR) is 232 cm³/mol. The van der Waals surface area contributed by atoms with E-state index < -0.39 is 30.2 Å². The number of aromatic nitrogens is 5. The third-order valence-electron chi connectivity index (χ3n) is 10.9. The molecule has 12 aromatic rings. The van der Waals surface area contributed by atoms with Crippen LogP contribution >= 0.6 is 0 Å². The van der Waals surface area contributed by atoms with Gasteiger partial charge < -0.3 is 8.98 Å². The Morgan fingerprint density at radius 2 is 1.00 bits per heavy atom. The number of hydrogen-bond donors (Lipinski definition) is 0. The molecule has 4 heterocycles. The molecule has 0 amide bonds. The van der Waals surface area contributed by atoms with Gasteiger partial charge in [0.15, 0.2) is 11.6 Å². The van der Waals surface area contributed by atoms with Crippen molar-refractivity contribution in [1.29, 1.82) is 0 Å². The first kappa shape index (κ1) is 26.9. The molecule has 6 heteroatoms. The average molecular weight is 735 g/mol. The molecule has 0 saturated carbocycles. The SMILES string of the molecule is [2H]c1c([2H])c([2H])c(-c2nc(-c3ccc4c(c3)oc3cccc(-n5c6ccccc6c6ccc(-c7ccccc7)cc65)c34)nc(-n3c4ccccc4c4ccccc43)n2)c([2H])c1[2H]. The molecular weight excluding hydrogens is 699 g/mol. The van der Waals surface area contributed by atoms with E-state index in [1.54, 1.807) is 0 Å². The predicted octanol–water partition coefficient (Wildman–Crippen LogP) is 13.0. The summed E-state index contributed by atoms with van der Waals surface area (Å²) < 4.78 is 53.8. The van der Waals surface area contributed by atoms with Gasteiger partial charge in [-0.3, -0.25) is 4.57 Å². The zero-order valence-electron chi connectivity index (χ0n) is 35.2. The van der Waals surface area contributed by atoms with Crippen molar-refractivity contribution >= 4 is 65.6 Å². The Morgan fingerprint density at radius 1 is 0.404 bits per heavy atom. The van der Waals surface area contributed by atoms with Crippen LogP contribution in [0.1, 0.15) is 6.85 Å². The summed E-state index contributed by atoms with van der Waals surface area (Å²) in [5, 5.41) is 6.13. The molecule has 12 rings (SSSR count). The molecule has 0 unspecified atom stereocenters. The Labute approximate surface area is 333 Å². The second kappa shape index (κ2) is 12.3. The molecule has 0 bridgehead atoms. The van der Waals surface area contributed by atoms with Crippen molar-refractivity contribution in [2.75, 3.05) is 0 Å². The van der Waals surface area contributed by atoms with Gasteiger partial charge in [-0.1, -0.05) is 139 Å². The Hall–Kier alpha value is -7.83. The first-order valence-electron chi connectivity index (χ1n) is 21.2. The van der Waals surface area contributed by atoms with Crippen LogP contribution < -0.4 is 0 Å². The summed E-state index contributed by atoms with van der Waals surface area (Å²) in [5.74, 6) is 0.441. The maximum absolute atomic E-state index is 8.86. The highest BCUT2D eigenvalue weighted by Gasteiger charge is 2.21. The van der Waals surface area contributed by atoms with Gasteiger partial charge >= 0.3 is 0 Å². The normalized spacial score (nSPS) is 13.1. The lowest BCUT2D eigenvalue weighted by Gasteiger charge is -2.11. The number of rotatable bonds is 5. The highest BCUT2D eigenvalue weighted by atomic mass is 16.3. The first-order chi connectivity index (χ1) is 30.3. The molecule has 0 radical (unpaired) electrons. The lowest BCUT2D eigenvalue weighted by Crippen LogP contribution is -2.06. The largest absolute Gasteiger partial charge is 0.456 e. The van der Waals surface area contributed by atoms with E-state index in [0.29, 0.717) is 16.7 Å². The van der Waals surface area contributed by atoms with Gasteiger partial charge in [-0.05, 0) is 59.7 Å². The molecule has 0 saturated heterocycles. The van der Waals surface area contributed by atoms with Crippen LogP contribution in [0.2, 0.25) is 0 Å². The van der Waals surface area contributed by atoms with E-state index in [9.17, 15) is 0 Å². The summed E-state index contributed by atoms with van der Waals surface area (Å²) in [6.45, 7) is 0. The number of hydrogen-bond acceptors (Lipinski definition) is 4. The topological polar surface area (TPSA) is 61.7 Å². The van der Waals surface area contributed by atoms with Crippen LogP contribution in [0.25, 0.3) is 111 Å². The second-order valence-electron chi connectivity index (χ2n) is 14.1. The molecule has 0 fully saturated rings. The van der Waals surface area contributed by atoms with Crippen molar-refractivity contribution in [3.63, 3.8) is 0 Å². The molecule has 0 aliphatic carbocycles. The Balaban J connectivity index is 1.09. The summed E-state index contributed by atoms with van der Waals surface area (Å²) in [6, 6.07) is 51.1. The smallest absolute Gasteiger partial charge is 0.238 e. The summed E-state index contributed by atoms with van der Waals surface area (Å²) in [4.78, 5) is 14.8. The van der Waals surface area contributed by atoms with Gasteiger partial charge in [0.1, 0.15) is 11.2 Å². The molecule has 57 heavy (non-hydrogen) atoms. The lowest BCUT2D eigenvalue weighted by molar-refractivity contribution is 0.669.